The maximum Gasteiger partial charge on any atom is 0.118 e. The van der Waals surface area contributed by atoms with Crippen molar-refractivity contribution in [2.75, 3.05) is 20.3 Å². The van der Waals surface area contributed by atoms with Crippen LogP contribution in [0.15, 0.2) is 54.6 Å². The van der Waals surface area contributed by atoms with Crippen LogP contribution in [0.4, 0.5) is 0 Å². The van der Waals surface area contributed by atoms with Crippen LogP contribution in [-0.4, -0.2) is 36.3 Å². The molecule has 0 unspecified atom stereocenters. The van der Waals surface area contributed by atoms with E-state index < -0.39 is 0 Å². The van der Waals surface area contributed by atoms with Gasteiger partial charge >= 0.3 is 0 Å². The summed E-state index contributed by atoms with van der Waals surface area (Å²) in [5, 5.41) is 9.96. The second-order valence-corrected chi connectivity index (χ2v) is 9.13. The fraction of sp³-hybridized carbons (Fsp3) is 0.538. The molecule has 4 rings (SSSR count). The third-order valence-electron chi connectivity index (χ3n) is 7.30. The van der Waals surface area contributed by atoms with Gasteiger partial charge in [0.05, 0.1) is 7.11 Å². The zero-order valence-corrected chi connectivity index (χ0v) is 17.8. The van der Waals surface area contributed by atoms with Crippen molar-refractivity contribution in [1.82, 2.24) is 4.90 Å². The first kappa shape index (κ1) is 20.4. The number of ether oxygens (including phenoxy) is 1. The summed E-state index contributed by atoms with van der Waals surface area (Å²) >= 11 is 0. The molecule has 2 aromatic carbocycles. The zero-order valence-electron chi connectivity index (χ0n) is 17.8. The third kappa shape index (κ3) is 4.67. The molecular weight excluding hydrogens is 358 g/mol. The van der Waals surface area contributed by atoms with Crippen LogP contribution in [0.2, 0.25) is 0 Å². The van der Waals surface area contributed by atoms with Crippen LogP contribution in [0.3, 0.4) is 0 Å². The summed E-state index contributed by atoms with van der Waals surface area (Å²) in [7, 11) is 1.72. The van der Waals surface area contributed by atoms with E-state index in [2.05, 4.69) is 66.4 Å². The second kappa shape index (κ2) is 9.32. The number of benzene rings is 2. The Hall–Kier alpha value is -1.84. The van der Waals surface area contributed by atoms with Crippen LogP contribution in [0, 0.1) is 17.8 Å². The Morgan fingerprint density at radius 3 is 2.41 bits per heavy atom. The standard InChI is InChI=1S/C26H35NO2/c1-19(23-6-4-3-5-7-23)27-17-22(18-28)16-24-15-21(10-13-26(24)27)14-20-8-11-25(29-2)12-9-20/h3-9,11-12,19,21-22,24,26,28H,10,13-18H2,1-2H3/t19-,21+,22+,24+,26-/m1/s1. The molecule has 0 aromatic heterocycles. The molecule has 0 bridgehead atoms. The lowest BCUT2D eigenvalue weighted by atomic mass is 9.69. The van der Waals surface area contributed by atoms with Gasteiger partial charge in [0.2, 0.25) is 0 Å². The minimum Gasteiger partial charge on any atom is -0.497 e. The Morgan fingerprint density at radius 2 is 1.72 bits per heavy atom. The molecular formula is C26H35NO2. The molecule has 5 atom stereocenters. The first-order valence-electron chi connectivity index (χ1n) is 11.2. The van der Waals surface area contributed by atoms with Gasteiger partial charge in [-0.25, -0.2) is 0 Å². The molecule has 1 saturated heterocycles. The highest BCUT2D eigenvalue weighted by Gasteiger charge is 2.41. The van der Waals surface area contributed by atoms with E-state index in [1.807, 2.05) is 0 Å². The van der Waals surface area contributed by atoms with Crippen molar-refractivity contribution >= 4 is 0 Å². The molecule has 0 amide bonds. The Bertz CT molecular complexity index is 760. The number of aliphatic hydroxyl groups excluding tert-OH is 1. The minimum absolute atomic E-state index is 0.310. The van der Waals surface area contributed by atoms with E-state index in [0.717, 1.165) is 24.6 Å². The largest absolute Gasteiger partial charge is 0.497 e. The van der Waals surface area contributed by atoms with Gasteiger partial charge in [0, 0.05) is 25.2 Å². The average molecular weight is 394 g/mol. The lowest BCUT2D eigenvalue weighted by Crippen LogP contribution is -2.52. The lowest BCUT2D eigenvalue weighted by molar-refractivity contribution is -0.0241. The molecule has 1 heterocycles. The van der Waals surface area contributed by atoms with E-state index in [-0.39, 0.29) is 0 Å². The molecule has 29 heavy (non-hydrogen) atoms. The van der Waals surface area contributed by atoms with Gasteiger partial charge in [0.25, 0.3) is 0 Å². The normalized spacial score (nSPS) is 28.5. The number of hydrogen-bond acceptors (Lipinski definition) is 3. The van der Waals surface area contributed by atoms with Crippen molar-refractivity contribution in [1.29, 1.82) is 0 Å². The van der Waals surface area contributed by atoms with Crippen LogP contribution < -0.4 is 4.74 Å². The van der Waals surface area contributed by atoms with Gasteiger partial charge in [-0.3, -0.25) is 4.90 Å². The number of piperidine rings is 1. The van der Waals surface area contributed by atoms with E-state index in [9.17, 15) is 5.11 Å². The summed E-state index contributed by atoms with van der Waals surface area (Å²) in [6.07, 6.45) is 6.20. The van der Waals surface area contributed by atoms with Crippen LogP contribution in [-0.2, 0) is 6.42 Å². The number of rotatable bonds is 6. The topological polar surface area (TPSA) is 32.7 Å². The molecule has 2 aromatic rings. The third-order valence-corrected chi connectivity index (χ3v) is 7.30. The molecule has 3 nitrogen and oxygen atoms in total. The van der Waals surface area contributed by atoms with Gasteiger partial charge in [-0.15, -0.1) is 0 Å². The summed E-state index contributed by atoms with van der Waals surface area (Å²) < 4.78 is 5.30. The Kier molecular flexibility index (Phi) is 6.56. The monoisotopic (exact) mass is 393 g/mol. The second-order valence-electron chi connectivity index (χ2n) is 9.13. The number of hydrogen-bond donors (Lipinski definition) is 1. The van der Waals surface area contributed by atoms with Gasteiger partial charge in [0.15, 0.2) is 0 Å². The van der Waals surface area contributed by atoms with Crippen molar-refractivity contribution in [3.8, 4) is 5.75 Å². The van der Waals surface area contributed by atoms with Gasteiger partial charge in [0.1, 0.15) is 5.75 Å². The zero-order chi connectivity index (χ0) is 20.2. The molecule has 1 N–H and O–H groups in total. The van der Waals surface area contributed by atoms with Crippen LogP contribution in [0.5, 0.6) is 5.75 Å². The van der Waals surface area contributed by atoms with E-state index in [1.54, 1.807) is 7.11 Å². The predicted molar refractivity (Wildman–Crippen MR) is 118 cm³/mol. The van der Waals surface area contributed by atoms with Gasteiger partial charge in [-0.2, -0.15) is 0 Å². The molecule has 1 saturated carbocycles. The van der Waals surface area contributed by atoms with Crippen molar-refractivity contribution in [2.24, 2.45) is 17.8 Å². The van der Waals surface area contributed by atoms with Crippen molar-refractivity contribution < 1.29 is 9.84 Å². The fourth-order valence-corrected chi connectivity index (χ4v) is 5.75. The van der Waals surface area contributed by atoms with E-state index in [0.29, 0.717) is 30.5 Å². The van der Waals surface area contributed by atoms with Crippen LogP contribution >= 0.6 is 0 Å². The molecule has 1 aliphatic carbocycles. The highest BCUT2D eigenvalue weighted by atomic mass is 16.5. The van der Waals surface area contributed by atoms with Gasteiger partial charge in [-0.05, 0) is 80.0 Å². The Labute approximate surface area is 175 Å². The average Bonchev–Trinajstić information content (AvgIpc) is 2.78. The minimum atomic E-state index is 0.310. The van der Waals surface area contributed by atoms with Crippen LogP contribution in [0.1, 0.15) is 49.8 Å². The van der Waals surface area contributed by atoms with E-state index >= 15 is 0 Å². The number of nitrogens with zero attached hydrogens (tertiary/aromatic N) is 1. The number of methoxy groups -OCH3 is 1. The summed E-state index contributed by atoms with van der Waals surface area (Å²) in [5.74, 6) is 2.78. The van der Waals surface area contributed by atoms with E-state index in [4.69, 9.17) is 4.74 Å². The summed E-state index contributed by atoms with van der Waals surface area (Å²) in [5.41, 5.74) is 2.81. The van der Waals surface area contributed by atoms with Gasteiger partial charge < -0.3 is 9.84 Å². The number of likely N-dealkylation sites (tertiary alicyclic amines) is 1. The Balaban J connectivity index is 1.45. The SMILES string of the molecule is COc1ccc(C[C@@H]2CC[C@@H]3[C@@H](C2)C[C@H](CO)CN3[C@H](C)c2ccccc2)cc1. The summed E-state index contributed by atoms with van der Waals surface area (Å²) in [4.78, 5) is 2.70. The van der Waals surface area contributed by atoms with Crippen molar-refractivity contribution in [2.45, 2.75) is 51.1 Å². The summed E-state index contributed by atoms with van der Waals surface area (Å²) in [6.45, 7) is 3.68. The fourth-order valence-electron chi connectivity index (χ4n) is 5.75. The smallest absolute Gasteiger partial charge is 0.118 e. The van der Waals surface area contributed by atoms with Crippen LogP contribution in [0.25, 0.3) is 0 Å². The molecule has 1 aliphatic heterocycles. The Morgan fingerprint density at radius 1 is 1.00 bits per heavy atom. The van der Waals surface area contributed by atoms with Gasteiger partial charge in [-0.1, -0.05) is 42.5 Å². The highest BCUT2D eigenvalue weighted by Crippen LogP contribution is 2.43. The lowest BCUT2D eigenvalue weighted by Gasteiger charge is -2.51. The summed E-state index contributed by atoms with van der Waals surface area (Å²) in [6, 6.07) is 20.5. The first-order chi connectivity index (χ1) is 14.2. The quantitative estimate of drug-likeness (QED) is 0.741. The molecule has 0 spiro atoms. The molecule has 2 fully saturated rings. The van der Waals surface area contributed by atoms with E-state index in [1.165, 1.54) is 36.8 Å². The highest BCUT2D eigenvalue weighted by molar-refractivity contribution is 5.27. The first-order valence-corrected chi connectivity index (χ1v) is 11.2. The van der Waals surface area contributed by atoms with Crippen molar-refractivity contribution in [3.63, 3.8) is 0 Å². The molecule has 3 heteroatoms. The maximum atomic E-state index is 9.96. The molecule has 2 aliphatic rings. The predicted octanol–water partition coefficient (Wildman–Crippen LogP) is 5.10. The maximum absolute atomic E-state index is 9.96. The van der Waals surface area contributed by atoms with Crippen molar-refractivity contribution in [3.05, 3.63) is 65.7 Å². The molecule has 0 radical (unpaired) electrons. The number of fused-ring (bicyclic) bond motifs is 1. The number of aliphatic hydroxyl groups is 1. The molecule has 156 valence electrons.